The van der Waals surface area contributed by atoms with Crippen molar-refractivity contribution in [3.05, 3.63) is 65.8 Å². The van der Waals surface area contributed by atoms with E-state index in [0.717, 1.165) is 28.7 Å². The van der Waals surface area contributed by atoms with E-state index in [9.17, 15) is 0 Å². The summed E-state index contributed by atoms with van der Waals surface area (Å²) in [6.07, 6.45) is 0. The van der Waals surface area contributed by atoms with Crippen LogP contribution in [0.25, 0.3) is 21.9 Å². The molecule has 0 spiro atoms. The molecule has 0 aliphatic rings. The third kappa shape index (κ3) is 4.56. The number of fused-ring (bicyclic) bond motifs is 2. The molecule has 4 N–H and O–H groups in total. The van der Waals surface area contributed by atoms with Crippen LogP contribution in [0.15, 0.2) is 73.3 Å². The first-order chi connectivity index (χ1) is 13.3. The Bertz CT molecular complexity index is 1200. The summed E-state index contributed by atoms with van der Waals surface area (Å²) >= 11 is 14.0. The zero-order valence-electron chi connectivity index (χ0n) is 14.2. The highest BCUT2D eigenvalue weighted by atomic mass is 79.9. The molecule has 4 rings (SSSR count). The van der Waals surface area contributed by atoms with Gasteiger partial charge in [-0.1, -0.05) is 31.9 Å². The number of furan rings is 2. The van der Waals surface area contributed by atoms with Crippen molar-refractivity contribution >= 4 is 110 Å². The van der Waals surface area contributed by atoms with Crippen LogP contribution in [0.2, 0.25) is 0 Å². The predicted molar refractivity (Wildman–Crippen MR) is 132 cm³/mol. The molecule has 0 bridgehead atoms. The summed E-state index contributed by atoms with van der Waals surface area (Å²) < 4.78 is 15.5. The average molecular weight is 670 g/mol. The minimum absolute atomic E-state index is 0. The van der Waals surface area contributed by atoms with Gasteiger partial charge in [-0.15, -0.1) is 22.6 Å². The molecule has 11 heteroatoms. The van der Waals surface area contributed by atoms with Crippen LogP contribution in [0.4, 0.5) is 0 Å². The number of halogens is 5. The molecule has 0 aliphatic heterocycles. The van der Waals surface area contributed by atoms with E-state index in [0.29, 0.717) is 28.4 Å². The Balaban J connectivity index is 0.00000240. The van der Waals surface area contributed by atoms with E-state index < -0.39 is 0 Å². The van der Waals surface area contributed by atoms with Crippen molar-refractivity contribution in [1.29, 1.82) is 0 Å². The van der Waals surface area contributed by atoms with Crippen LogP contribution in [0.3, 0.4) is 0 Å². The molecular weight excluding hydrogens is 659 g/mol. The molecule has 0 saturated heterocycles. The average Bonchev–Trinajstić information content (AvgIpc) is 3.19. The highest BCUT2D eigenvalue weighted by molar-refractivity contribution is 9.11. The summed E-state index contributed by atoms with van der Waals surface area (Å²) in [5, 5.41) is 9.73. The monoisotopic (exact) mass is 666 g/mol. The Morgan fingerprint density at radius 3 is 1.55 bits per heavy atom. The fourth-order valence-corrected chi connectivity index (χ4v) is 5.39. The van der Waals surface area contributed by atoms with Crippen LogP contribution in [0, 0.1) is 0 Å². The minimum Gasteiger partial charge on any atom is -0.453 e. The van der Waals surface area contributed by atoms with Gasteiger partial charge in [0.2, 0.25) is 5.96 Å². The van der Waals surface area contributed by atoms with Gasteiger partial charge in [-0.25, -0.2) is 0 Å². The highest BCUT2D eigenvalue weighted by Crippen LogP contribution is 2.34. The molecule has 0 saturated carbocycles. The molecule has 29 heavy (non-hydrogen) atoms. The normalized spacial score (nSPS) is 10.8. The molecule has 0 radical (unpaired) electrons. The van der Waals surface area contributed by atoms with Crippen molar-refractivity contribution < 1.29 is 8.83 Å². The van der Waals surface area contributed by atoms with Gasteiger partial charge in [0, 0.05) is 19.7 Å². The summed E-state index contributed by atoms with van der Waals surface area (Å²) in [7, 11) is 0. The summed E-state index contributed by atoms with van der Waals surface area (Å²) in [6.45, 7) is 0. The molecule has 0 atom stereocenters. The molecule has 2 heterocycles. The van der Waals surface area contributed by atoms with E-state index in [-0.39, 0.29) is 18.4 Å². The molecule has 0 amide bonds. The van der Waals surface area contributed by atoms with Gasteiger partial charge in [0.1, 0.15) is 11.2 Å². The minimum atomic E-state index is -0.169. The van der Waals surface area contributed by atoms with E-state index in [1.54, 1.807) is 0 Å². The van der Waals surface area contributed by atoms with Crippen LogP contribution in [-0.2, 0) is 0 Å². The molecule has 150 valence electrons. The molecular formula is C18H11Br4ClN4O2. The predicted octanol–water partition coefficient (Wildman–Crippen LogP) is 6.68. The molecule has 4 aromatic rings. The topological polar surface area (TPSA) is 103 Å². The van der Waals surface area contributed by atoms with Gasteiger partial charge in [0.15, 0.2) is 17.2 Å². The Morgan fingerprint density at radius 2 is 1.14 bits per heavy atom. The number of rotatable bonds is 3. The zero-order chi connectivity index (χ0) is 20.0. The van der Waals surface area contributed by atoms with E-state index in [1.807, 2.05) is 36.4 Å². The van der Waals surface area contributed by atoms with Crippen LogP contribution in [-0.4, -0.2) is 11.7 Å². The Kier molecular flexibility index (Phi) is 6.79. The standard InChI is InChI=1S/C18H10Br4N4O2.ClH/c19-9-1-7-3-13(27-16(7)11(21)5-9)15(25-26-18(23)24)14-4-8-2-10(20)6-12(22)17(8)28-14;/h1-6H,(H4,23,24,26);1H. The Hall–Kier alpha value is -1.33. The fraction of sp³-hybridized carbons (Fsp3) is 0. The van der Waals surface area contributed by atoms with Gasteiger partial charge in [0.05, 0.1) is 8.95 Å². The second-order valence-electron chi connectivity index (χ2n) is 5.81. The maximum Gasteiger partial charge on any atom is 0.211 e. The first-order valence-corrected chi connectivity index (χ1v) is 10.9. The van der Waals surface area contributed by atoms with Crippen molar-refractivity contribution in [3.63, 3.8) is 0 Å². The molecule has 0 unspecified atom stereocenters. The number of hydrogen-bond donors (Lipinski definition) is 2. The van der Waals surface area contributed by atoms with E-state index >= 15 is 0 Å². The van der Waals surface area contributed by atoms with Gasteiger partial charge in [0.25, 0.3) is 0 Å². The SMILES string of the molecule is Cl.NC(N)=NN=C(c1cc2cc(Br)cc(Br)c2o1)c1cc2cc(Br)cc(Br)c2o1. The molecule has 6 nitrogen and oxygen atoms in total. The van der Waals surface area contributed by atoms with Crippen LogP contribution in [0.1, 0.15) is 11.5 Å². The van der Waals surface area contributed by atoms with Gasteiger partial charge in [-0.2, -0.15) is 0 Å². The van der Waals surface area contributed by atoms with E-state index in [2.05, 4.69) is 73.9 Å². The maximum atomic E-state index is 6.02. The van der Waals surface area contributed by atoms with Gasteiger partial charge < -0.3 is 20.3 Å². The van der Waals surface area contributed by atoms with Crippen LogP contribution >= 0.6 is 76.1 Å². The number of benzene rings is 2. The third-order valence-electron chi connectivity index (χ3n) is 3.80. The van der Waals surface area contributed by atoms with Gasteiger partial charge in [-0.3, -0.25) is 0 Å². The van der Waals surface area contributed by atoms with Crippen molar-refractivity contribution in [2.24, 2.45) is 21.7 Å². The lowest BCUT2D eigenvalue weighted by molar-refractivity contribution is 0.581. The zero-order valence-corrected chi connectivity index (χ0v) is 21.4. The highest BCUT2D eigenvalue weighted by Gasteiger charge is 2.20. The largest absolute Gasteiger partial charge is 0.453 e. The molecule has 2 aromatic heterocycles. The summed E-state index contributed by atoms with van der Waals surface area (Å²) in [4.78, 5) is 0. The third-order valence-corrected chi connectivity index (χ3v) is 5.90. The van der Waals surface area contributed by atoms with E-state index in [4.69, 9.17) is 20.3 Å². The lowest BCUT2D eigenvalue weighted by Crippen LogP contribution is -2.22. The number of nitrogens with two attached hydrogens (primary N) is 2. The summed E-state index contributed by atoms with van der Waals surface area (Å²) in [6, 6.07) is 11.4. The fourth-order valence-electron chi connectivity index (χ4n) is 2.71. The second kappa shape index (κ2) is 8.81. The van der Waals surface area contributed by atoms with Crippen molar-refractivity contribution in [1.82, 2.24) is 0 Å². The van der Waals surface area contributed by atoms with Crippen LogP contribution in [0.5, 0.6) is 0 Å². The smallest absolute Gasteiger partial charge is 0.211 e. The quantitative estimate of drug-likeness (QED) is 0.144. The van der Waals surface area contributed by atoms with Crippen molar-refractivity contribution in [2.45, 2.75) is 0 Å². The van der Waals surface area contributed by atoms with Crippen molar-refractivity contribution in [3.8, 4) is 0 Å². The summed E-state index contributed by atoms with van der Waals surface area (Å²) in [5.74, 6) is 0.763. The molecule has 2 aromatic carbocycles. The lowest BCUT2D eigenvalue weighted by Gasteiger charge is -1.98. The summed E-state index contributed by atoms with van der Waals surface area (Å²) in [5.41, 5.74) is 12.7. The van der Waals surface area contributed by atoms with Crippen molar-refractivity contribution in [2.75, 3.05) is 0 Å². The first-order valence-electron chi connectivity index (χ1n) is 7.76. The molecule has 0 fully saturated rings. The maximum absolute atomic E-state index is 6.02. The lowest BCUT2D eigenvalue weighted by atomic mass is 10.2. The Labute approximate surface area is 204 Å². The van der Waals surface area contributed by atoms with Gasteiger partial charge >= 0.3 is 0 Å². The van der Waals surface area contributed by atoms with Gasteiger partial charge in [-0.05, 0) is 68.3 Å². The molecule has 0 aliphatic carbocycles. The Morgan fingerprint density at radius 1 is 0.690 bits per heavy atom. The van der Waals surface area contributed by atoms with E-state index in [1.165, 1.54) is 0 Å². The first kappa shape index (κ1) is 22.4. The second-order valence-corrected chi connectivity index (χ2v) is 9.35. The number of nitrogens with zero attached hydrogens (tertiary/aromatic N) is 2. The number of guanidine groups is 1. The number of hydrogen-bond acceptors (Lipinski definition) is 4. The van der Waals surface area contributed by atoms with Crippen LogP contribution < -0.4 is 11.5 Å².